The minimum absolute atomic E-state index is 0.467. The molecule has 2 aromatic rings. The van der Waals surface area contributed by atoms with E-state index >= 15 is 0 Å². The second kappa shape index (κ2) is 4.70. The van der Waals surface area contributed by atoms with Crippen LogP contribution in [0, 0.1) is 5.92 Å². The molecule has 6 nitrogen and oxygen atoms in total. The van der Waals surface area contributed by atoms with E-state index in [2.05, 4.69) is 34.1 Å². The molecule has 0 spiro atoms. The van der Waals surface area contributed by atoms with Gasteiger partial charge in [0.1, 0.15) is 0 Å². The molecule has 1 saturated heterocycles. The highest BCUT2D eigenvalue weighted by molar-refractivity contribution is 5.67. The first kappa shape index (κ1) is 12.2. The van der Waals surface area contributed by atoms with Gasteiger partial charge in [-0.25, -0.2) is 15.8 Å². The second-order valence-electron chi connectivity index (χ2n) is 5.31. The van der Waals surface area contributed by atoms with Crippen molar-refractivity contribution in [1.29, 1.82) is 0 Å². The highest BCUT2D eigenvalue weighted by Crippen LogP contribution is 2.30. The fraction of sp³-hybridized carbons (Fsp3) is 0.538. The minimum atomic E-state index is 0.467. The summed E-state index contributed by atoms with van der Waals surface area (Å²) in [7, 11) is 0. The van der Waals surface area contributed by atoms with E-state index in [4.69, 9.17) is 5.84 Å². The monoisotopic (exact) mass is 260 g/mol. The average molecular weight is 260 g/mol. The molecule has 3 N–H and O–H groups in total. The molecule has 1 aliphatic rings. The van der Waals surface area contributed by atoms with E-state index in [0.29, 0.717) is 17.8 Å². The van der Waals surface area contributed by atoms with Crippen LogP contribution in [0.4, 0.5) is 11.6 Å². The van der Waals surface area contributed by atoms with E-state index in [0.717, 1.165) is 18.0 Å². The number of imidazole rings is 1. The third kappa shape index (κ3) is 2.02. The lowest BCUT2D eigenvalue weighted by Crippen LogP contribution is -2.43. The molecule has 0 aromatic carbocycles. The number of fused-ring (bicyclic) bond motifs is 1. The third-order valence-electron chi connectivity index (χ3n) is 4.15. The Labute approximate surface area is 112 Å². The molecule has 2 atom stereocenters. The summed E-state index contributed by atoms with van der Waals surface area (Å²) in [5, 5.41) is 0. The Balaban J connectivity index is 2.09. The molecular formula is C13H20N6. The Morgan fingerprint density at radius 1 is 1.42 bits per heavy atom. The van der Waals surface area contributed by atoms with Crippen LogP contribution in [0.25, 0.3) is 5.65 Å². The van der Waals surface area contributed by atoms with Crippen molar-refractivity contribution in [2.75, 3.05) is 16.9 Å². The standard InChI is InChI=1S/C13H20N6/c1-9-4-3-6-19(10(9)2)13-12-15-5-7-18(12)8-11(16-13)17-14/h5,7-10,17H,3-4,6,14H2,1-2H3. The number of nitrogens with two attached hydrogens (primary N) is 1. The van der Waals surface area contributed by atoms with Crippen LogP contribution in [0.3, 0.4) is 0 Å². The Morgan fingerprint density at radius 3 is 3.05 bits per heavy atom. The summed E-state index contributed by atoms with van der Waals surface area (Å²) in [4.78, 5) is 11.4. The Bertz CT molecular complexity index is 578. The number of rotatable bonds is 2. The lowest BCUT2D eigenvalue weighted by Gasteiger charge is -2.38. The molecule has 6 heteroatoms. The fourth-order valence-electron chi connectivity index (χ4n) is 2.81. The van der Waals surface area contributed by atoms with Gasteiger partial charge in [0.2, 0.25) is 0 Å². The lowest BCUT2D eigenvalue weighted by molar-refractivity contribution is 0.362. The Hall–Kier alpha value is -1.82. The van der Waals surface area contributed by atoms with Crippen molar-refractivity contribution in [3.05, 3.63) is 18.6 Å². The van der Waals surface area contributed by atoms with Crippen LogP contribution < -0.4 is 16.2 Å². The Kier molecular flexibility index (Phi) is 3.02. The summed E-state index contributed by atoms with van der Waals surface area (Å²) >= 11 is 0. The van der Waals surface area contributed by atoms with Crippen molar-refractivity contribution in [3.63, 3.8) is 0 Å². The number of nitrogens with one attached hydrogen (secondary N) is 1. The predicted octanol–water partition coefficient (Wildman–Crippen LogP) is 1.64. The molecule has 19 heavy (non-hydrogen) atoms. The summed E-state index contributed by atoms with van der Waals surface area (Å²) in [5.74, 6) is 7.75. The van der Waals surface area contributed by atoms with Crippen LogP contribution in [0.5, 0.6) is 0 Å². The number of nitrogen functional groups attached to an aromatic ring is 1. The summed E-state index contributed by atoms with van der Waals surface area (Å²) in [6, 6.07) is 0.467. The SMILES string of the molecule is CC1CCCN(c2nc(NN)cn3ccnc23)C1C. The summed E-state index contributed by atoms with van der Waals surface area (Å²) in [6.07, 6.45) is 8.03. The number of hydrogen-bond donors (Lipinski definition) is 2. The minimum Gasteiger partial charge on any atom is -0.350 e. The van der Waals surface area contributed by atoms with E-state index in [1.807, 2.05) is 16.8 Å². The largest absolute Gasteiger partial charge is 0.350 e. The van der Waals surface area contributed by atoms with Crippen molar-refractivity contribution < 1.29 is 0 Å². The van der Waals surface area contributed by atoms with E-state index in [-0.39, 0.29) is 0 Å². The van der Waals surface area contributed by atoms with Gasteiger partial charge in [0, 0.05) is 25.0 Å². The van der Waals surface area contributed by atoms with E-state index in [9.17, 15) is 0 Å². The van der Waals surface area contributed by atoms with Gasteiger partial charge in [-0.1, -0.05) is 6.92 Å². The van der Waals surface area contributed by atoms with Crippen LogP contribution in [0.2, 0.25) is 0 Å². The molecule has 2 unspecified atom stereocenters. The smallest absolute Gasteiger partial charge is 0.180 e. The van der Waals surface area contributed by atoms with Gasteiger partial charge in [0.15, 0.2) is 17.3 Å². The van der Waals surface area contributed by atoms with E-state index in [1.165, 1.54) is 12.8 Å². The van der Waals surface area contributed by atoms with Gasteiger partial charge in [-0.15, -0.1) is 0 Å². The summed E-state index contributed by atoms with van der Waals surface area (Å²) in [6.45, 7) is 5.58. The molecule has 102 valence electrons. The average Bonchev–Trinajstić information content (AvgIpc) is 2.89. The molecular weight excluding hydrogens is 240 g/mol. The van der Waals surface area contributed by atoms with Gasteiger partial charge in [-0.2, -0.15) is 0 Å². The molecule has 3 heterocycles. The van der Waals surface area contributed by atoms with E-state index in [1.54, 1.807) is 6.20 Å². The molecule has 2 aromatic heterocycles. The van der Waals surface area contributed by atoms with Crippen LogP contribution in [0.1, 0.15) is 26.7 Å². The first-order chi connectivity index (χ1) is 9.20. The molecule has 0 saturated carbocycles. The highest BCUT2D eigenvalue weighted by atomic mass is 15.3. The van der Waals surface area contributed by atoms with Crippen molar-refractivity contribution in [2.45, 2.75) is 32.7 Å². The molecule has 0 amide bonds. The zero-order valence-corrected chi connectivity index (χ0v) is 11.4. The summed E-state index contributed by atoms with van der Waals surface area (Å²) in [5.41, 5.74) is 3.52. The first-order valence-electron chi connectivity index (χ1n) is 6.77. The first-order valence-corrected chi connectivity index (χ1v) is 6.77. The number of hydrogen-bond acceptors (Lipinski definition) is 5. The lowest BCUT2D eigenvalue weighted by atomic mass is 9.92. The Morgan fingerprint density at radius 2 is 2.26 bits per heavy atom. The maximum atomic E-state index is 5.51. The predicted molar refractivity (Wildman–Crippen MR) is 76.0 cm³/mol. The summed E-state index contributed by atoms with van der Waals surface area (Å²) < 4.78 is 1.96. The topological polar surface area (TPSA) is 71.5 Å². The highest BCUT2D eigenvalue weighted by Gasteiger charge is 2.27. The number of aromatic nitrogens is 3. The van der Waals surface area contributed by atoms with Gasteiger partial charge in [-0.05, 0) is 25.7 Å². The van der Waals surface area contributed by atoms with Gasteiger partial charge in [-0.3, -0.25) is 0 Å². The number of nitrogens with zero attached hydrogens (tertiary/aromatic N) is 4. The van der Waals surface area contributed by atoms with Crippen LogP contribution in [-0.4, -0.2) is 27.0 Å². The van der Waals surface area contributed by atoms with Gasteiger partial charge >= 0.3 is 0 Å². The maximum absolute atomic E-state index is 5.51. The second-order valence-corrected chi connectivity index (χ2v) is 5.31. The molecule has 3 rings (SSSR count). The zero-order valence-electron chi connectivity index (χ0n) is 11.4. The molecule has 0 aliphatic carbocycles. The normalized spacial score (nSPS) is 23.8. The van der Waals surface area contributed by atoms with Gasteiger partial charge in [0.25, 0.3) is 0 Å². The molecule has 1 fully saturated rings. The number of hydrazine groups is 1. The van der Waals surface area contributed by atoms with Crippen LogP contribution >= 0.6 is 0 Å². The van der Waals surface area contributed by atoms with Crippen molar-refractivity contribution in [2.24, 2.45) is 11.8 Å². The van der Waals surface area contributed by atoms with Crippen molar-refractivity contribution >= 4 is 17.3 Å². The van der Waals surface area contributed by atoms with Crippen LogP contribution in [0.15, 0.2) is 18.6 Å². The maximum Gasteiger partial charge on any atom is 0.180 e. The van der Waals surface area contributed by atoms with Gasteiger partial charge < -0.3 is 14.7 Å². The van der Waals surface area contributed by atoms with E-state index < -0.39 is 0 Å². The van der Waals surface area contributed by atoms with Crippen LogP contribution in [-0.2, 0) is 0 Å². The number of anilines is 2. The van der Waals surface area contributed by atoms with Gasteiger partial charge in [0.05, 0.1) is 6.20 Å². The van der Waals surface area contributed by atoms with Crippen molar-refractivity contribution in [3.8, 4) is 0 Å². The fourth-order valence-corrected chi connectivity index (χ4v) is 2.81. The molecule has 0 radical (unpaired) electrons. The third-order valence-corrected chi connectivity index (χ3v) is 4.15. The van der Waals surface area contributed by atoms with Crippen molar-refractivity contribution in [1.82, 2.24) is 14.4 Å². The molecule has 0 bridgehead atoms. The number of piperidine rings is 1. The zero-order chi connectivity index (χ0) is 13.4. The molecule has 1 aliphatic heterocycles. The quantitative estimate of drug-likeness (QED) is 0.634.